The summed E-state index contributed by atoms with van der Waals surface area (Å²) in [7, 11) is 1.58. The number of nitrogens with zero attached hydrogens (tertiary/aromatic N) is 2. The Labute approximate surface area is 95.9 Å². The molecule has 1 aromatic heterocycles. The summed E-state index contributed by atoms with van der Waals surface area (Å²) in [5, 5.41) is 6.01. The maximum absolute atomic E-state index is 5.25. The van der Waals surface area contributed by atoms with Gasteiger partial charge in [0.2, 0.25) is 6.79 Å². The molecular weight excluding hydrogens is 260 g/mol. The van der Waals surface area contributed by atoms with E-state index >= 15 is 0 Å². The molecule has 1 heterocycles. The lowest BCUT2D eigenvalue weighted by molar-refractivity contribution is -0.0464. The summed E-state index contributed by atoms with van der Waals surface area (Å²) in [5.74, 6) is 0. The van der Waals surface area contributed by atoms with Gasteiger partial charge in [-0.05, 0) is 17.7 Å². The zero-order valence-corrected chi connectivity index (χ0v) is 9.90. The molecule has 0 spiro atoms. The summed E-state index contributed by atoms with van der Waals surface area (Å²) in [6.07, 6.45) is 1.77. The molecule has 0 amide bonds. The summed E-state index contributed by atoms with van der Waals surface area (Å²) in [5.41, 5.74) is 2.16. The molecule has 0 aliphatic rings. The molecule has 0 radical (unpaired) electrons. The first-order valence-corrected chi connectivity index (χ1v) is 5.62. The number of hydrogen-bond acceptors (Lipinski definition) is 3. The first-order valence-electron chi connectivity index (χ1n) is 4.50. The minimum absolute atomic E-state index is 0.191. The quantitative estimate of drug-likeness (QED) is 0.630. The van der Waals surface area contributed by atoms with Gasteiger partial charge in [-0.15, -0.1) is 5.10 Å². The van der Waals surface area contributed by atoms with Crippen molar-refractivity contribution in [2.24, 2.45) is 0 Å². The third kappa shape index (κ3) is 2.13. The predicted molar refractivity (Wildman–Crippen MR) is 60.8 cm³/mol. The Balaban J connectivity index is 2.34. The second kappa shape index (κ2) is 4.63. The number of fused-ring (bicyclic) bond motifs is 1. The zero-order chi connectivity index (χ0) is 10.7. The SMILES string of the molecule is COCOn1ncc2cc(CBr)ccc21. The third-order valence-electron chi connectivity index (χ3n) is 2.05. The van der Waals surface area contributed by atoms with Crippen molar-refractivity contribution in [3.05, 3.63) is 30.0 Å². The standard InChI is InChI=1S/C10H11BrN2O2/c1-14-7-15-13-10-3-2-8(5-11)4-9(10)6-12-13/h2-4,6H,5,7H2,1H3. The van der Waals surface area contributed by atoms with Crippen molar-refractivity contribution in [3.63, 3.8) is 0 Å². The van der Waals surface area contributed by atoms with Gasteiger partial charge in [0, 0.05) is 17.8 Å². The second-order valence-corrected chi connectivity index (χ2v) is 3.64. The van der Waals surface area contributed by atoms with Crippen molar-refractivity contribution in [1.29, 1.82) is 0 Å². The molecule has 1 aromatic carbocycles. The van der Waals surface area contributed by atoms with Gasteiger partial charge in [-0.3, -0.25) is 0 Å². The van der Waals surface area contributed by atoms with Gasteiger partial charge in [0.25, 0.3) is 0 Å². The molecule has 0 aliphatic heterocycles. The van der Waals surface area contributed by atoms with Gasteiger partial charge in [0.1, 0.15) is 5.52 Å². The highest BCUT2D eigenvalue weighted by Crippen LogP contribution is 2.16. The fourth-order valence-corrected chi connectivity index (χ4v) is 1.70. The van der Waals surface area contributed by atoms with Crippen LogP contribution in [0.25, 0.3) is 10.9 Å². The van der Waals surface area contributed by atoms with E-state index in [9.17, 15) is 0 Å². The molecule has 15 heavy (non-hydrogen) atoms. The van der Waals surface area contributed by atoms with Crippen LogP contribution >= 0.6 is 15.9 Å². The maximum Gasteiger partial charge on any atom is 0.216 e. The molecule has 0 bridgehead atoms. The summed E-state index contributed by atoms with van der Waals surface area (Å²) < 4.78 is 4.82. The number of methoxy groups -OCH3 is 1. The smallest absolute Gasteiger partial charge is 0.216 e. The Hall–Kier alpha value is -1.07. The highest BCUT2D eigenvalue weighted by Gasteiger charge is 2.03. The van der Waals surface area contributed by atoms with Crippen LogP contribution in [-0.2, 0) is 10.1 Å². The maximum atomic E-state index is 5.25. The lowest BCUT2D eigenvalue weighted by atomic mass is 10.2. The monoisotopic (exact) mass is 270 g/mol. The van der Waals surface area contributed by atoms with Crippen LogP contribution in [0.1, 0.15) is 5.56 Å². The molecule has 2 rings (SSSR count). The topological polar surface area (TPSA) is 36.3 Å². The van der Waals surface area contributed by atoms with Crippen LogP contribution in [0.3, 0.4) is 0 Å². The number of halogens is 1. The lowest BCUT2D eigenvalue weighted by Crippen LogP contribution is -2.14. The van der Waals surface area contributed by atoms with Crippen molar-refractivity contribution in [3.8, 4) is 0 Å². The van der Waals surface area contributed by atoms with Crippen molar-refractivity contribution < 1.29 is 9.57 Å². The van der Waals surface area contributed by atoms with Crippen LogP contribution in [0.5, 0.6) is 0 Å². The van der Waals surface area contributed by atoms with E-state index in [0.29, 0.717) is 0 Å². The zero-order valence-electron chi connectivity index (χ0n) is 8.31. The van der Waals surface area contributed by atoms with Gasteiger partial charge < -0.3 is 9.57 Å². The Morgan fingerprint density at radius 2 is 2.33 bits per heavy atom. The minimum atomic E-state index is 0.191. The van der Waals surface area contributed by atoms with Crippen molar-refractivity contribution in [2.75, 3.05) is 13.9 Å². The second-order valence-electron chi connectivity index (χ2n) is 3.08. The van der Waals surface area contributed by atoms with E-state index in [1.165, 1.54) is 10.4 Å². The Kier molecular flexibility index (Phi) is 3.23. The number of alkyl halides is 1. The number of ether oxygens (including phenoxy) is 1. The summed E-state index contributed by atoms with van der Waals surface area (Å²) in [4.78, 5) is 6.72. The van der Waals surface area contributed by atoms with Gasteiger partial charge in [0.05, 0.1) is 6.20 Å². The molecule has 2 aromatic rings. The molecule has 0 fully saturated rings. The molecule has 0 N–H and O–H groups in total. The van der Waals surface area contributed by atoms with Crippen LogP contribution in [-0.4, -0.2) is 23.8 Å². The van der Waals surface area contributed by atoms with Crippen molar-refractivity contribution in [2.45, 2.75) is 5.33 Å². The van der Waals surface area contributed by atoms with E-state index in [0.717, 1.165) is 16.2 Å². The molecule has 0 unspecified atom stereocenters. The summed E-state index contributed by atoms with van der Waals surface area (Å²) in [6.45, 7) is 0.191. The minimum Gasteiger partial charge on any atom is -0.367 e. The van der Waals surface area contributed by atoms with E-state index < -0.39 is 0 Å². The number of rotatable bonds is 4. The largest absolute Gasteiger partial charge is 0.367 e. The highest BCUT2D eigenvalue weighted by atomic mass is 79.9. The molecule has 0 aliphatic carbocycles. The van der Waals surface area contributed by atoms with Crippen LogP contribution in [0.15, 0.2) is 24.4 Å². The average Bonchev–Trinajstić information content (AvgIpc) is 2.68. The van der Waals surface area contributed by atoms with Crippen LogP contribution in [0.4, 0.5) is 0 Å². The van der Waals surface area contributed by atoms with Crippen LogP contribution in [0.2, 0.25) is 0 Å². The number of benzene rings is 1. The molecule has 80 valence electrons. The number of hydrogen-bond donors (Lipinski definition) is 0. The molecule has 4 nitrogen and oxygen atoms in total. The molecule has 0 atom stereocenters. The van der Waals surface area contributed by atoms with Crippen LogP contribution in [0, 0.1) is 0 Å². The fraction of sp³-hybridized carbons (Fsp3) is 0.300. The molecule has 0 saturated carbocycles. The Bertz CT molecular complexity index is 456. The summed E-state index contributed by atoms with van der Waals surface area (Å²) in [6, 6.07) is 6.09. The highest BCUT2D eigenvalue weighted by molar-refractivity contribution is 9.08. The van der Waals surface area contributed by atoms with E-state index in [-0.39, 0.29) is 6.79 Å². The van der Waals surface area contributed by atoms with Crippen LogP contribution < -0.4 is 4.84 Å². The Morgan fingerprint density at radius 3 is 3.07 bits per heavy atom. The van der Waals surface area contributed by atoms with E-state index in [1.807, 2.05) is 12.1 Å². The summed E-state index contributed by atoms with van der Waals surface area (Å²) >= 11 is 3.41. The Morgan fingerprint density at radius 1 is 1.47 bits per heavy atom. The van der Waals surface area contributed by atoms with Gasteiger partial charge in [-0.2, -0.15) is 0 Å². The number of aromatic nitrogens is 2. The lowest BCUT2D eigenvalue weighted by Gasteiger charge is -2.04. The van der Waals surface area contributed by atoms with Gasteiger partial charge >= 0.3 is 0 Å². The normalized spacial score (nSPS) is 10.8. The van der Waals surface area contributed by atoms with Gasteiger partial charge in [0.15, 0.2) is 0 Å². The van der Waals surface area contributed by atoms with Crippen molar-refractivity contribution >= 4 is 26.8 Å². The fourth-order valence-electron chi connectivity index (χ4n) is 1.35. The first kappa shape index (κ1) is 10.4. The third-order valence-corrected chi connectivity index (χ3v) is 2.69. The predicted octanol–water partition coefficient (Wildman–Crippen LogP) is 1.96. The van der Waals surface area contributed by atoms with Gasteiger partial charge in [-0.25, -0.2) is 0 Å². The van der Waals surface area contributed by atoms with E-state index in [1.54, 1.807) is 13.3 Å². The molecule has 5 heteroatoms. The van der Waals surface area contributed by atoms with E-state index in [2.05, 4.69) is 27.1 Å². The molecule has 0 saturated heterocycles. The molecular formula is C10H11BrN2O2. The van der Waals surface area contributed by atoms with Gasteiger partial charge in [-0.1, -0.05) is 26.8 Å². The van der Waals surface area contributed by atoms with E-state index in [4.69, 9.17) is 9.57 Å². The van der Waals surface area contributed by atoms with Crippen molar-refractivity contribution in [1.82, 2.24) is 9.94 Å². The average molecular weight is 271 g/mol. The first-order chi connectivity index (χ1) is 7.35.